The van der Waals surface area contributed by atoms with Gasteiger partial charge in [-0.15, -0.1) is 0 Å². The molecule has 1 aliphatic heterocycles. The molecular formula is C15H23NO. The molecule has 2 nitrogen and oxygen atoms in total. The summed E-state index contributed by atoms with van der Waals surface area (Å²) < 4.78 is 0. The van der Waals surface area contributed by atoms with E-state index in [0.29, 0.717) is 12.5 Å². The van der Waals surface area contributed by atoms with E-state index in [2.05, 4.69) is 49.9 Å². The summed E-state index contributed by atoms with van der Waals surface area (Å²) in [6.45, 7) is 8.08. The van der Waals surface area contributed by atoms with Gasteiger partial charge in [0, 0.05) is 24.4 Å². The van der Waals surface area contributed by atoms with Gasteiger partial charge in [-0.25, -0.2) is 0 Å². The first-order valence-electron chi connectivity index (χ1n) is 6.48. The molecule has 0 bridgehead atoms. The Morgan fingerprint density at radius 2 is 1.94 bits per heavy atom. The van der Waals surface area contributed by atoms with Crippen LogP contribution in [0.2, 0.25) is 0 Å². The zero-order valence-corrected chi connectivity index (χ0v) is 11.1. The first-order valence-corrected chi connectivity index (χ1v) is 6.48. The molecule has 1 saturated heterocycles. The number of anilines is 1. The fraction of sp³-hybridized carbons (Fsp3) is 0.600. The molecule has 1 fully saturated rings. The van der Waals surface area contributed by atoms with E-state index in [9.17, 15) is 0 Å². The van der Waals surface area contributed by atoms with Gasteiger partial charge in [0.25, 0.3) is 0 Å². The minimum absolute atomic E-state index is 0.203. The average Bonchev–Trinajstić information content (AvgIpc) is 2.55. The first-order chi connectivity index (χ1) is 8.03. The second-order valence-corrected chi connectivity index (χ2v) is 5.84. The highest BCUT2D eigenvalue weighted by Gasteiger charge is 2.37. The van der Waals surface area contributed by atoms with Crippen molar-refractivity contribution in [2.24, 2.45) is 5.92 Å². The minimum Gasteiger partial charge on any atom is -0.396 e. The summed E-state index contributed by atoms with van der Waals surface area (Å²) in [7, 11) is 0. The lowest BCUT2D eigenvalue weighted by Crippen LogP contribution is -2.38. The van der Waals surface area contributed by atoms with Gasteiger partial charge in [-0.2, -0.15) is 0 Å². The van der Waals surface area contributed by atoms with Crippen molar-refractivity contribution < 1.29 is 5.11 Å². The highest BCUT2D eigenvalue weighted by molar-refractivity contribution is 5.51. The van der Waals surface area contributed by atoms with Crippen LogP contribution < -0.4 is 4.90 Å². The van der Waals surface area contributed by atoms with Gasteiger partial charge in [0.15, 0.2) is 0 Å². The maximum atomic E-state index is 9.07. The molecule has 1 N–H and O–H groups in total. The fourth-order valence-corrected chi connectivity index (χ4v) is 2.94. The topological polar surface area (TPSA) is 23.5 Å². The Hall–Kier alpha value is -1.02. The summed E-state index contributed by atoms with van der Waals surface area (Å²) >= 11 is 0. The van der Waals surface area contributed by atoms with E-state index in [0.717, 1.165) is 13.0 Å². The quantitative estimate of drug-likeness (QED) is 0.867. The predicted octanol–water partition coefficient (Wildman–Crippen LogP) is 2.98. The normalized spacial score (nSPS) is 23.1. The fourth-order valence-electron chi connectivity index (χ4n) is 2.94. The number of aliphatic hydroxyl groups excluding tert-OH is 1. The Labute approximate surface area is 104 Å². The molecular weight excluding hydrogens is 210 g/mol. The number of nitrogens with zero attached hydrogens (tertiary/aromatic N) is 1. The Balaban J connectivity index is 2.17. The summed E-state index contributed by atoms with van der Waals surface area (Å²) in [5, 5.41) is 9.07. The Morgan fingerprint density at radius 1 is 1.29 bits per heavy atom. The van der Waals surface area contributed by atoms with Crippen molar-refractivity contribution >= 4 is 5.69 Å². The molecule has 1 heterocycles. The van der Waals surface area contributed by atoms with Crippen LogP contribution in [0.25, 0.3) is 0 Å². The van der Waals surface area contributed by atoms with Gasteiger partial charge in [0.2, 0.25) is 0 Å². The third kappa shape index (κ3) is 2.63. The van der Waals surface area contributed by atoms with Crippen molar-refractivity contribution in [3.8, 4) is 0 Å². The molecule has 1 aliphatic rings. The molecule has 94 valence electrons. The molecule has 1 unspecified atom stereocenters. The number of aryl methyl sites for hydroxylation is 1. The van der Waals surface area contributed by atoms with Crippen LogP contribution >= 0.6 is 0 Å². The Bertz CT molecular complexity index is 369. The summed E-state index contributed by atoms with van der Waals surface area (Å²) in [5.41, 5.74) is 2.81. The van der Waals surface area contributed by atoms with Crippen molar-refractivity contribution in [3.05, 3.63) is 29.8 Å². The van der Waals surface area contributed by atoms with Gasteiger partial charge < -0.3 is 10.0 Å². The van der Waals surface area contributed by atoms with E-state index < -0.39 is 0 Å². The van der Waals surface area contributed by atoms with Crippen LogP contribution in [0.4, 0.5) is 5.69 Å². The number of hydrogen-bond donors (Lipinski definition) is 1. The summed E-state index contributed by atoms with van der Waals surface area (Å²) in [5.74, 6) is 0.622. The van der Waals surface area contributed by atoms with Crippen LogP contribution in [0, 0.1) is 12.8 Å². The van der Waals surface area contributed by atoms with E-state index in [1.54, 1.807) is 0 Å². The predicted molar refractivity (Wildman–Crippen MR) is 72.4 cm³/mol. The molecule has 1 aromatic rings. The number of aliphatic hydroxyl groups is 1. The van der Waals surface area contributed by atoms with Gasteiger partial charge in [-0.05, 0) is 51.7 Å². The zero-order chi connectivity index (χ0) is 12.5. The van der Waals surface area contributed by atoms with Gasteiger partial charge in [0.05, 0.1) is 0 Å². The van der Waals surface area contributed by atoms with E-state index >= 15 is 0 Å². The lowest BCUT2D eigenvalue weighted by molar-refractivity contribution is 0.259. The minimum atomic E-state index is 0.203. The van der Waals surface area contributed by atoms with Crippen molar-refractivity contribution in [2.75, 3.05) is 18.1 Å². The van der Waals surface area contributed by atoms with Gasteiger partial charge in [-0.3, -0.25) is 0 Å². The van der Waals surface area contributed by atoms with Crippen LogP contribution in [0.3, 0.4) is 0 Å². The molecule has 0 amide bonds. The molecule has 0 saturated carbocycles. The monoisotopic (exact) mass is 233 g/mol. The zero-order valence-electron chi connectivity index (χ0n) is 11.1. The van der Waals surface area contributed by atoms with Crippen LogP contribution in [0.15, 0.2) is 24.3 Å². The van der Waals surface area contributed by atoms with Crippen molar-refractivity contribution in [1.82, 2.24) is 0 Å². The first kappa shape index (κ1) is 12.4. The summed E-state index contributed by atoms with van der Waals surface area (Å²) in [6.07, 6.45) is 2.09. The maximum absolute atomic E-state index is 9.07. The molecule has 0 radical (unpaired) electrons. The van der Waals surface area contributed by atoms with Crippen LogP contribution in [0.5, 0.6) is 0 Å². The number of rotatable bonds is 3. The second-order valence-electron chi connectivity index (χ2n) is 5.84. The Kier molecular flexibility index (Phi) is 3.43. The molecule has 2 heteroatoms. The third-order valence-corrected chi connectivity index (χ3v) is 3.84. The van der Waals surface area contributed by atoms with Crippen LogP contribution in [-0.4, -0.2) is 23.8 Å². The standard InChI is InChI=1S/C15H23NO/c1-12-4-6-14(7-5-12)16-11-13(8-9-17)10-15(16,2)3/h4-7,13,17H,8-11H2,1-3H3. The molecule has 0 aromatic heterocycles. The molecule has 1 atom stereocenters. The summed E-state index contributed by atoms with van der Waals surface area (Å²) in [6, 6.07) is 8.76. The summed E-state index contributed by atoms with van der Waals surface area (Å²) in [4.78, 5) is 2.48. The maximum Gasteiger partial charge on any atom is 0.0434 e. The average molecular weight is 233 g/mol. The van der Waals surface area contributed by atoms with Crippen molar-refractivity contribution in [2.45, 2.75) is 39.2 Å². The van der Waals surface area contributed by atoms with Crippen molar-refractivity contribution in [1.29, 1.82) is 0 Å². The lowest BCUT2D eigenvalue weighted by atomic mass is 9.94. The SMILES string of the molecule is Cc1ccc(N2CC(CCO)CC2(C)C)cc1. The van der Waals surface area contributed by atoms with Crippen LogP contribution in [-0.2, 0) is 0 Å². The molecule has 17 heavy (non-hydrogen) atoms. The van der Waals surface area contributed by atoms with E-state index in [1.807, 2.05) is 0 Å². The second kappa shape index (κ2) is 4.69. The largest absolute Gasteiger partial charge is 0.396 e. The van der Waals surface area contributed by atoms with E-state index in [1.165, 1.54) is 17.7 Å². The van der Waals surface area contributed by atoms with E-state index in [4.69, 9.17) is 5.11 Å². The Morgan fingerprint density at radius 3 is 2.53 bits per heavy atom. The molecule has 0 aliphatic carbocycles. The van der Waals surface area contributed by atoms with Gasteiger partial charge in [-0.1, -0.05) is 17.7 Å². The van der Waals surface area contributed by atoms with Crippen molar-refractivity contribution in [3.63, 3.8) is 0 Å². The van der Waals surface area contributed by atoms with E-state index in [-0.39, 0.29) is 5.54 Å². The van der Waals surface area contributed by atoms with Gasteiger partial charge in [0.1, 0.15) is 0 Å². The lowest BCUT2D eigenvalue weighted by Gasteiger charge is -2.33. The molecule has 2 rings (SSSR count). The number of benzene rings is 1. The highest BCUT2D eigenvalue weighted by Crippen LogP contribution is 2.37. The van der Waals surface area contributed by atoms with Crippen LogP contribution in [0.1, 0.15) is 32.3 Å². The number of hydrogen-bond acceptors (Lipinski definition) is 2. The smallest absolute Gasteiger partial charge is 0.0434 e. The highest BCUT2D eigenvalue weighted by atomic mass is 16.3. The third-order valence-electron chi connectivity index (χ3n) is 3.84. The van der Waals surface area contributed by atoms with Gasteiger partial charge >= 0.3 is 0 Å². The molecule has 0 spiro atoms. The molecule has 1 aromatic carbocycles.